The molecule has 0 aromatic heterocycles. The van der Waals surface area contributed by atoms with Gasteiger partial charge in [-0.25, -0.2) is 0 Å². The van der Waals surface area contributed by atoms with Crippen molar-refractivity contribution in [1.29, 1.82) is 0 Å². The fourth-order valence-corrected chi connectivity index (χ4v) is 5.42. The highest BCUT2D eigenvalue weighted by Crippen LogP contribution is 2.36. The molecule has 1 amide bonds. The van der Waals surface area contributed by atoms with Crippen molar-refractivity contribution >= 4 is 5.91 Å². The summed E-state index contributed by atoms with van der Waals surface area (Å²) in [7, 11) is 3.17. The number of hydrogen-bond donors (Lipinski definition) is 0. The van der Waals surface area contributed by atoms with E-state index in [-0.39, 0.29) is 18.0 Å². The zero-order valence-corrected chi connectivity index (χ0v) is 20.8. The number of methoxy groups -OCH3 is 2. The van der Waals surface area contributed by atoms with Crippen molar-refractivity contribution in [2.45, 2.75) is 44.7 Å². The molecule has 1 atom stereocenters. The predicted octanol–water partition coefficient (Wildman–Crippen LogP) is 5.23. The number of alkyl halides is 3. The number of rotatable bonds is 5. The van der Waals surface area contributed by atoms with Crippen LogP contribution in [0, 0.1) is 0 Å². The molecule has 2 heterocycles. The van der Waals surface area contributed by atoms with Gasteiger partial charge in [0.15, 0.2) is 11.5 Å². The first-order valence-electron chi connectivity index (χ1n) is 12.3. The normalized spacial score (nSPS) is 17.6. The topological polar surface area (TPSA) is 42.0 Å². The Morgan fingerprint density at radius 2 is 1.54 bits per heavy atom. The molecule has 0 N–H and O–H groups in total. The minimum atomic E-state index is -4.46. The third-order valence-corrected chi connectivity index (χ3v) is 7.36. The number of hydrogen-bond acceptors (Lipinski definition) is 4. The number of carbonyl (C=O) groups excluding carboxylic acids is 1. The van der Waals surface area contributed by atoms with Gasteiger partial charge in [-0.15, -0.1) is 0 Å². The van der Waals surface area contributed by atoms with Crippen LogP contribution < -0.4 is 9.47 Å². The predicted molar refractivity (Wildman–Crippen MR) is 133 cm³/mol. The van der Waals surface area contributed by atoms with Gasteiger partial charge < -0.3 is 14.4 Å². The molecule has 2 aliphatic heterocycles. The summed E-state index contributed by atoms with van der Waals surface area (Å²) in [5.41, 5.74) is 3.71. The average Bonchev–Trinajstić information content (AvgIpc) is 2.90. The van der Waals surface area contributed by atoms with Crippen LogP contribution in [0.15, 0.2) is 60.7 Å². The van der Waals surface area contributed by atoms with E-state index >= 15 is 0 Å². The first-order valence-corrected chi connectivity index (χ1v) is 12.3. The van der Waals surface area contributed by atoms with Gasteiger partial charge in [-0.2, -0.15) is 13.2 Å². The number of halogens is 3. The standard InChI is InChI=1S/C29H29F3N2O3/c1-36-26-14-20-11-12-33(18-23(20)15-27(26)37-2)28(35)25-13-19-7-3-4-8-21(19)16-34(25)17-22-9-5-6-10-24(22)29(30,31)32/h3-10,14-15,25H,11-13,16-18H2,1-2H3. The van der Waals surface area contributed by atoms with Gasteiger partial charge in [0.25, 0.3) is 0 Å². The summed E-state index contributed by atoms with van der Waals surface area (Å²) in [4.78, 5) is 17.6. The van der Waals surface area contributed by atoms with E-state index in [0.29, 0.717) is 44.0 Å². The Labute approximate surface area is 214 Å². The average molecular weight is 511 g/mol. The van der Waals surface area contributed by atoms with E-state index in [1.807, 2.05) is 46.2 Å². The quantitative estimate of drug-likeness (QED) is 0.471. The van der Waals surface area contributed by atoms with Crippen LogP contribution in [-0.2, 0) is 43.4 Å². The van der Waals surface area contributed by atoms with Crippen LogP contribution in [0.3, 0.4) is 0 Å². The Morgan fingerprint density at radius 3 is 2.24 bits per heavy atom. The number of amides is 1. The molecule has 0 saturated carbocycles. The molecule has 1 unspecified atom stereocenters. The minimum absolute atomic E-state index is 0.0376. The Balaban J connectivity index is 1.44. The SMILES string of the molecule is COc1cc2c(cc1OC)CN(C(=O)C1Cc3ccccc3CN1Cc1ccccc1C(F)(F)F)CC2. The summed E-state index contributed by atoms with van der Waals surface area (Å²) >= 11 is 0. The highest BCUT2D eigenvalue weighted by atomic mass is 19.4. The van der Waals surface area contributed by atoms with Gasteiger partial charge in [0.2, 0.25) is 5.91 Å². The maximum absolute atomic E-state index is 13.9. The van der Waals surface area contributed by atoms with Gasteiger partial charge in [-0.1, -0.05) is 42.5 Å². The molecule has 0 saturated heterocycles. The molecule has 0 radical (unpaired) electrons. The molecule has 0 spiro atoms. The first kappa shape index (κ1) is 25.1. The van der Waals surface area contributed by atoms with Crippen molar-refractivity contribution in [3.05, 3.63) is 94.0 Å². The molecular weight excluding hydrogens is 481 g/mol. The third kappa shape index (κ3) is 5.03. The van der Waals surface area contributed by atoms with E-state index in [1.165, 1.54) is 12.1 Å². The summed E-state index contributed by atoms with van der Waals surface area (Å²) in [6.07, 6.45) is -3.33. The van der Waals surface area contributed by atoms with Crippen molar-refractivity contribution in [2.24, 2.45) is 0 Å². The van der Waals surface area contributed by atoms with Gasteiger partial charge in [0.1, 0.15) is 0 Å². The highest BCUT2D eigenvalue weighted by molar-refractivity contribution is 5.83. The van der Waals surface area contributed by atoms with Crippen molar-refractivity contribution in [3.8, 4) is 11.5 Å². The van der Waals surface area contributed by atoms with E-state index in [0.717, 1.165) is 28.3 Å². The van der Waals surface area contributed by atoms with E-state index in [4.69, 9.17) is 9.47 Å². The largest absolute Gasteiger partial charge is 0.493 e. The van der Waals surface area contributed by atoms with Gasteiger partial charge in [-0.3, -0.25) is 9.69 Å². The van der Waals surface area contributed by atoms with Gasteiger partial charge in [0, 0.05) is 26.2 Å². The second-order valence-electron chi connectivity index (χ2n) is 9.53. The molecule has 8 heteroatoms. The Hall–Kier alpha value is -3.52. The van der Waals surface area contributed by atoms with Crippen molar-refractivity contribution in [2.75, 3.05) is 20.8 Å². The molecule has 0 aliphatic carbocycles. The first-order chi connectivity index (χ1) is 17.8. The molecular formula is C29H29F3N2O3. The summed E-state index contributed by atoms with van der Waals surface area (Å²) in [5.74, 6) is 1.19. The van der Waals surface area contributed by atoms with Gasteiger partial charge in [-0.05, 0) is 58.9 Å². The molecule has 37 heavy (non-hydrogen) atoms. The molecule has 0 fully saturated rings. The Bertz CT molecular complexity index is 1310. The zero-order valence-electron chi connectivity index (χ0n) is 20.8. The molecule has 3 aromatic rings. The van der Waals surface area contributed by atoms with Crippen LogP contribution in [0.1, 0.15) is 33.4 Å². The van der Waals surface area contributed by atoms with Crippen LogP contribution in [-0.4, -0.2) is 42.5 Å². The molecule has 5 rings (SSSR count). The monoisotopic (exact) mass is 510 g/mol. The van der Waals surface area contributed by atoms with Crippen LogP contribution in [0.25, 0.3) is 0 Å². The summed E-state index contributed by atoms with van der Waals surface area (Å²) in [5, 5.41) is 0. The van der Waals surface area contributed by atoms with Crippen molar-refractivity contribution in [1.82, 2.24) is 9.80 Å². The van der Waals surface area contributed by atoms with E-state index in [9.17, 15) is 18.0 Å². The highest BCUT2D eigenvalue weighted by Gasteiger charge is 2.38. The third-order valence-electron chi connectivity index (χ3n) is 7.36. The van der Waals surface area contributed by atoms with Gasteiger partial charge in [0.05, 0.1) is 25.8 Å². The Morgan fingerprint density at radius 1 is 0.892 bits per heavy atom. The zero-order chi connectivity index (χ0) is 26.2. The van der Waals surface area contributed by atoms with Crippen LogP contribution in [0.5, 0.6) is 11.5 Å². The van der Waals surface area contributed by atoms with E-state index < -0.39 is 17.8 Å². The molecule has 3 aromatic carbocycles. The molecule has 5 nitrogen and oxygen atoms in total. The van der Waals surface area contributed by atoms with E-state index in [1.54, 1.807) is 20.3 Å². The fraction of sp³-hybridized carbons (Fsp3) is 0.345. The number of fused-ring (bicyclic) bond motifs is 2. The maximum atomic E-state index is 13.9. The molecule has 194 valence electrons. The van der Waals surface area contributed by atoms with Crippen LogP contribution in [0.4, 0.5) is 13.2 Å². The number of benzene rings is 3. The number of carbonyl (C=O) groups is 1. The van der Waals surface area contributed by atoms with Crippen LogP contribution in [0.2, 0.25) is 0 Å². The summed E-state index contributed by atoms with van der Waals surface area (Å²) in [6.45, 7) is 1.40. The number of ether oxygens (including phenoxy) is 2. The lowest BCUT2D eigenvalue weighted by atomic mass is 9.91. The Kier molecular flexibility index (Phi) is 6.86. The van der Waals surface area contributed by atoms with Crippen LogP contribution >= 0.6 is 0 Å². The lowest BCUT2D eigenvalue weighted by molar-refractivity contribution is -0.140. The van der Waals surface area contributed by atoms with Gasteiger partial charge >= 0.3 is 6.18 Å². The lowest BCUT2D eigenvalue weighted by Crippen LogP contribution is -2.52. The maximum Gasteiger partial charge on any atom is 0.416 e. The number of nitrogens with zero attached hydrogens (tertiary/aromatic N) is 2. The fourth-order valence-electron chi connectivity index (χ4n) is 5.42. The summed E-state index contributed by atoms with van der Waals surface area (Å²) in [6, 6.07) is 16.8. The second-order valence-corrected chi connectivity index (χ2v) is 9.53. The smallest absolute Gasteiger partial charge is 0.416 e. The second kappa shape index (κ2) is 10.1. The molecule has 0 bridgehead atoms. The minimum Gasteiger partial charge on any atom is -0.493 e. The summed E-state index contributed by atoms with van der Waals surface area (Å²) < 4.78 is 52.1. The molecule has 2 aliphatic rings. The van der Waals surface area contributed by atoms with Crippen molar-refractivity contribution < 1.29 is 27.4 Å². The lowest BCUT2D eigenvalue weighted by Gasteiger charge is -2.40. The van der Waals surface area contributed by atoms with E-state index in [2.05, 4.69) is 0 Å². The van der Waals surface area contributed by atoms with Crippen molar-refractivity contribution in [3.63, 3.8) is 0 Å².